The monoisotopic (exact) mass is 457 g/mol. The maximum absolute atomic E-state index is 13.0. The summed E-state index contributed by atoms with van der Waals surface area (Å²) in [6.07, 6.45) is -0.145. The van der Waals surface area contributed by atoms with E-state index >= 15 is 0 Å². The summed E-state index contributed by atoms with van der Waals surface area (Å²) in [5.41, 5.74) is 10.8. The Morgan fingerprint density at radius 3 is 2.25 bits per heavy atom. The number of nitrogens with two attached hydrogens (primary N) is 2. The third kappa shape index (κ3) is 7.45. The van der Waals surface area contributed by atoms with Crippen molar-refractivity contribution < 1.29 is 34.2 Å². The fraction of sp³-hybridized carbons (Fsp3) is 0.750. The van der Waals surface area contributed by atoms with Gasteiger partial charge in [0.15, 0.2) is 0 Å². The number of amides is 4. The molecule has 0 aromatic carbocycles. The van der Waals surface area contributed by atoms with Crippen LogP contribution in [0.25, 0.3) is 0 Å². The lowest BCUT2D eigenvalue weighted by Gasteiger charge is -2.30. The highest BCUT2D eigenvalue weighted by Gasteiger charge is 2.39. The zero-order valence-corrected chi connectivity index (χ0v) is 18.7. The molecule has 1 aliphatic rings. The minimum absolute atomic E-state index is 0.114. The molecule has 1 rings (SSSR count). The zero-order chi connectivity index (χ0) is 24.6. The Kier molecular flexibility index (Phi) is 10.5. The maximum atomic E-state index is 13.0. The highest BCUT2D eigenvalue weighted by Crippen LogP contribution is 2.20. The number of hydrogen-bond donors (Lipinski definition) is 6. The summed E-state index contributed by atoms with van der Waals surface area (Å²) in [6, 6.07) is -4.51. The van der Waals surface area contributed by atoms with Gasteiger partial charge in [0, 0.05) is 13.0 Å². The van der Waals surface area contributed by atoms with Crippen LogP contribution < -0.4 is 22.1 Å². The molecule has 0 aliphatic carbocycles. The van der Waals surface area contributed by atoms with Gasteiger partial charge in [-0.05, 0) is 32.1 Å². The molecule has 1 saturated heterocycles. The quantitative estimate of drug-likeness (QED) is 0.194. The van der Waals surface area contributed by atoms with Crippen molar-refractivity contribution in [1.29, 1.82) is 0 Å². The first kappa shape index (κ1) is 27.3. The highest BCUT2D eigenvalue weighted by molar-refractivity contribution is 5.94. The Balaban J connectivity index is 3.06. The summed E-state index contributed by atoms with van der Waals surface area (Å²) in [5.74, 6) is -4.20. The van der Waals surface area contributed by atoms with Crippen LogP contribution in [0.2, 0.25) is 0 Å². The van der Waals surface area contributed by atoms with Crippen LogP contribution in [-0.2, 0) is 24.0 Å². The third-order valence-electron chi connectivity index (χ3n) is 5.73. The van der Waals surface area contributed by atoms with E-state index in [2.05, 4.69) is 10.6 Å². The molecule has 12 heteroatoms. The van der Waals surface area contributed by atoms with Crippen LogP contribution in [0.15, 0.2) is 0 Å². The topological polar surface area (TPSA) is 205 Å². The SMILES string of the molecule is CCC(C)C(NC(=O)C(N)C(C)O)C(=O)NC(CCC(N)=O)C(=O)N1CCCC1C(=O)O. The Hall–Kier alpha value is -2.73. The van der Waals surface area contributed by atoms with E-state index in [9.17, 15) is 34.2 Å². The largest absolute Gasteiger partial charge is 0.480 e. The van der Waals surface area contributed by atoms with Crippen molar-refractivity contribution in [2.75, 3.05) is 6.54 Å². The fourth-order valence-electron chi connectivity index (χ4n) is 3.46. The van der Waals surface area contributed by atoms with Gasteiger partial charge >= 0.3 is 5.97 Å². The molecule has 0 spiro atoms. The molecule has 1 fully saturated rings. The van der Waals surface area contributed by atoms with Crippen molar-refractivity contribution in [1.82, 2.24) is 15.5 Å². The number of carboxylic acids is 1. The minimum Gasteiger partial charge on any atom is -0.480 e. The molecule has 6 unspecified atom stereocenters. The Morgan fingerprint density at radius 2 is 1.75 bits per heavy atom. The molecule has 6 atom stereocenters. The van der Waals surface area contributed by atoms with E-state index in [4.69, 9.17) is 11.5 Å². The number of rotatable bonds is 12. The molecule has 1 heterocycles. The lowest BCUT2D eigenvalue weighted by Crippen LogP contribution is -2.59. The first-order chi connectivity index (χ1) is 14.9. The molecule has 0 bridgehead atoms. The minimum atomic E-state index is -1.25. The van der Waals surface area contributed by atoms with Gasteiger partial charge in [0.05, 0.1) is 6.10 Å². The first-order valence-corrected chi connectivity index (χ1v) is 10.8. The van der Waals surface area contributed by atoms with Gasteiger partial charge in [-0.15, -0.1) is 0 Å². The Bertz CT molecular complexity index is 714. The van der Waals surface area contributed by atoms with Crippen LogP contribution in [0.1, 0.15) is 52.9 Å². The number of nitrogens with one attached hydrogen (secondary N) is 2. The molecule has 0 saturated carbocycles. The molecule has 0 aromatic heterocycles. The highest BCUT2D eigenvalue weighted by atomic mass is 16.4. The summed E-state index contributed by atoms with van der Waals surface area (Å²) in [6.45, 7) is 5.09. The second-order valence-electron chi connectivity index (χ2n) is 8.23. The molecule has 12 nitrogen and oxygen atoms in total. The van der Waals surface area contributed by atoms with Gasteiger partial charge in [-0.1, -0.05) is 20.3 Å². The third-order valence-corrected chi connectivity index (χ3v) is 5.73. The van der Waals surface area contributed by atoms with Crippen LogP contribution in [-0.4, -0.2) is 81.5 Å². The number of carbonyl (C=O) groups excluding carboxylic acids is 4. The summed E-state index contributed by atoms with van der Waals surface area (Å²) >= 11 is 0. The molecule has 1 aliphatic heterocycles. The molecule has 0 radical (unpaired) electrons. The van der Waals surface area contributed by atoms with E-state index in [1.807, 2.05) is 6.92 Å². The number of aliphatic carboxylic acids is 1. The molecule has 8 N–H and O–H groups in total. The second kappa shape index (κ2) is 12.3. The lowest BCUT2D eigenvalue weighted by molar-refractivity contribution is -0.149. The number of likely N-dealkylation sites (tertiary alicyclic amines) is 1. The predicted octanol–water partition coefficient (Wildman–Crippen LogP) is -1.95. The van der Waals surface area contributed by atoms with Crippen molar-refractivity contribution in [2.45, 2.75) is 83.1 Å². The number of primary amides is 1. The number of aliphatic hydroxyl groups is 1. The van der Waals surface area contributed by atoms with Gasteiger partial charge in [-0.3, -0.25) is 19.2 Å². The number of aliphatic hydroxyl groups excluding tert-OH is 1. The van der Waals surface area contributed by atoms with Crippen molar-refractivity contribution in [2.24, 2.45) is 17.4 Å². The van der Waals surface area contributed by atoms with E-state index in [-0.39, 0.29) is 25.3 Å². The second-order valence-corrected chi connectivity index (χ2v) is 8.23. The smallest absolute Gasteiger partial charge is 0.326 e. The maximum Gasteiger partial charge on any atom is 0.326 e. The summed E-state index contributed by atoms with van der Waals surface area (Å²) in [5, 5.41) is 24.0. The molecule has 32 heavy (non-hydrogen) atoms. The zero-order valence-electron chi connectivity index (χ0n) is 18.7. The van der Waals surface area contributed by atoms with Crippen LogP contribution in [0.3, 0.4) is 0 Å². The predicted molar refractivity (Wildman–Crippen MR) is 114 cm³/mol. The standard InChI is InChI=1S/C20H35N5O7/c1-4-10(2)16(24-17(28)15(22)11(3)26)18(29)23-12(7-8-14(21)27)19(30)25-9-5-6-13(25)20(31)32/h10-13,15-16,26H,4-9,22H2,1-3H3,(H2,21,27)(H,23,29)(H,24,28)(H,31,32). The van der Waals surface area contributed by atoms with Crippen LogP contribution in [0.5, 0.6) is 0 Å². The van der Waals surface area contributed by atoms with E-state index < -0.39 is 59.9 Å². The lowest BCUT2D eigenvalue weighted by atomic mass is 9.96. The van der Waals surface area contributed by atoms with Crippen molar-refractivity contribution >= 4 is 29.6 Å². The van der Waals surface area contributed by atoms with Gasteiger partial charge in [-0.25, -0.2) is 4.79 Å². The van der Waals surface area contributed by atoms with Crippen molar-refractivity contribution in [3.8, 4) is 0 Å². The molecule has 182 valence electrons. The Labute approximate surface area is 187 Å². The fourth-order valence-corrected chi connectivity index (χ4v) is 3.46. The summed E-state index contributed by atoms with van der Waals surface area (Å²) in [4.78, 5) is 62.3. The Morgan fingerprint density at radius 1 is 1.12 bits per heavy atom. The van der Waals surface area contributed by atoms with Crippen LogP contribution in [0, 0.1) is 5.92 Å². The number of nitrogens with zero attached hydrogens (tertiary/aromatic N) is 1. The number of carboxylic acid groups (broad SMARTS) is 1. The van der Waals surface area contributed by atoms with Gasteiger partial charge in [0.1, 0.15) is 24.2 Å². The number of carbonyl (C=O) groups is 5. The average molecular weight is 458 g/mol. The van der Waals surface area contributed by atoms with E-state index in [0.717, 1.165) is 0 Å². The van der Waals surface area contributed by atoms with Crippen LogP contribution >= 0.6 is 0 Å². The number of hydrogen-bond acceptors (Lipinski definition) is 7. The molecule has 0 aromatic rings. The van der Waals surface area contributed by atoms with Gasteiger partial charge in [0.2, 0.25) is 23.6 Å². The van der Waals surface area contributed by atoms with E-state index in [1.54, 1.807) is 6.92 Å². The van der Waals surface area contributed by atoms with Crippen molar-refractivity contribution in [3.63, 3.8) is 0 Å². The normalized spacial score (nSPS) is 20.5. The van der Waals surface area contributed by atoms with E-state index in [1.165, 1.54) is 11.8 Å². The van der Waals surface area contributed by atoms with Gasteiger partial charge in [-0.2, -0.15) is 0 Å². The van der Waals surface area contributed by atoms with Gasteiger partial charge < -0.3 is 37.2 Å². The molecular weight excluding hydrogens is 422 g/mol. The molecular formula is C20H35N5O7. The van der Waals surface area contributed by atoms with Gasteiger partial charge in [0.25, 0.3) is 0 Å². The van der Waals surface area contributed by atoms with Crippen molar-refractivity contribution in [3.05, 3.63) is 0 Å². The average Bonchev–Trinajstić information content (AvgIpc) is 3.22. The molecule has 4 amide bonds. The van der Waals surface area contributed by atoms with Crippen LogP contribution in [0.4, 0.5) is 0 Å². The summed E-state index contributed by atoms with van der Waals surface area (Å²) < 4.78 is 0. The first-order valence-electron chi connectivity index (χ1n) is 10.8. The van der Waals surface area contributed by atoms with E-state index in [0.29, 0.717) is 19.3 Å². The summed E-state index contributed by atoms with van der Waals surface area (Å²) in [7, 11) is 0.